The molecule has 0 saturated carbocycles. The van der Waals surface area contributed by atoms with Crippen molar-refractivity contribution in [3.63, 3.8) is 0 Å². The van der Waals surface area contributed by atoms with Crippen molar-refractivity contribution in [1.82, 2.24) is 19.7 Å². The number of thiazole rings is 1. The third-order valence-corrected chi connectivity index (χ3v) is 5.35. The van der Waals surface area contributed by atoms with Crippen LogP contribution < -0.4 is 4.90 Å². The molecule has 27 heavy (non-hydrogen) atoms. The molecule has 0 aliphatic carbocycles. The number of amides is 1. The molecular formula is C18H23ClFN5OS. The van der Waals surface area contributed by atoms with Gasteiger partial charge in [-0.1, -0.05) is 31.3 Å². The van der Waals surface area contributed by atoms with Crippen LogP contribution in [0.4, 0.5) is 9.52 Å². The Hall–Kier alpha value is -2.03. The topological polar surface area (TPSA) is 54.3 Å². The molecule has 0 fully saturated rings. The number of fused-ring (bicyclic) bond motifs is 1. The monoisotopic (exact) mass is 411 g/mol. The zero-order valence-corrected chi connectivity index (χ0v) is 17.2. The second-order valence-electron chi connectivity index (χ2n) is 5.94. The molecule has 0 bridgehead atoms. The van der Waals surface area contributed by atoms with Crippen LogP contribution >= 0.6 is 23.7 Å². The summed E-state index contributed by atoms with van der Waals surface area (Å²) in [7, 11) is 1.77. The van der Waals surface area contributed by atoms with Gasteiger partial charge >= 0.3 is 0 Å². The van der Waals surface area contributed by atoms with E-state index in [2.05, 4.69) is 28.8 Å². The van der Waals surface area contributed by atoms with E-state index in [0.29, 0.717) is 29.4 Å². The Morgan fingerprint density at radius 1 is 1.22 bits per heavy atom. The molecule has 3 rings (SSSR count). The molecule has 9 heteroatoms. The van der Waals surface area contributed by atoms with Crippen LogP contribution in [0.25, 0.3) is 10.2 Å². The number of carbonyl (C=O) groups is 1. The molecule has 0 N–H and O–H groups in total. The lowest BCUT2D eigenvalue weighted by Gasteiger charge is -2.24. The highest BCUT2D eigenvalue weighted by Gasteiger charge is 2.24. The van der Waals surface area contributed by atoms with E-state index >= 15 is 0 Å². The van der Waals surface area contributed by atoms with Gasteiger partial charge in [0.1, 0.15) is 11.3 Å². The molecule has 0 spiro atoms. The van der Waals surface area contributed by atoms with E-state index in [9.17, 15) is 9.18 Å². The van der Waals surface area contributed by atoms with Crippen LogP contribution in [0, 0.1) is 5.82 Å². The predicted molar refractivity (Wildman–Crippen MR) is 109 cm³/mol. The molecule has 0 aliphatic heterocycles. The van der Waals surface area contributed by atoms with Crippen LogP contribution in [0.5, 0.6) is 0 Å². The molecule has 2 heterocycles. The van der Waals surface area contributed by atoms with Gasteiger partial charge in [0, 0.05) is 26.3 Å². The van der Waals surface area contributed by atoms with Gasteiger partial charge in [0.25, 0.3) is 5.91 Å². The van der Waals surface area contributed by atoms with Crippen LogP contribution in [-0.2, 0) is 7.05 Å². The fourth-order valence-electron chi connectivity index (χ4n) is 2.75. The minimum atomic E-state index is -0.376. The van der Waals surface area contributed by atoms with E-state index in [1.807, 2.05) is 6.07 Å². The SMILES string of the molecule is CCN(CC)CCN(C(=O)c1ccn(C)n1)c1nc2c(F)cccc2s1.Cl. The summed E-state index contributed by atoms with van der Waals surface area (Å²) in [6, 6.07) is 6.53. The van der Waals surface area contributed by atoms with Crippen molar-refractivity contribution in [1.29, 1.82) is 0 Å². The number of para-hydroxylation sites is 1. The minimum absolute atomic E-state index is 0. The Kier molecular flexibility index (Phi) is 7.29. The fourth-order valence-corrected chi connectivity index (χ4v) is 3.76. The van der Waals surface area contributed by atoms with E-state index in [-0.39, 0.29) is 24.1 Å². The Balaban J connectivity index is 0.00000261. The highest BCUT2D eigenvalue weighted by Crippen LogP contribution is 2.30. The van der Waals surface area contributed by atoms with Crippen LogP contribution in [0.15, 0.2) is 30.5 Å². The lowest BCUT2D eigenvalue weighted by molar-refractivity contribution is 0.0978. The van der Waals surface area contributed by atoms with Crippen LogP contribution in [0.2, 0.25) is 0 Å². The van der Waals surface area contributed by atoms with E-state index < -0.39 is 0 Å². The molecule has 0 saturated heterocycles. The lowest BCUT2D eigenvalue weighted by atomic mass is 10.3. The summed E-state index contributed by atoms with van der Waals surface area (Å²) in [6.07, 6.45) is 1.73. The van der Waals surface area contributed by atoms with Gasteiger partial charge in [-0.25, -0.2) is 9.37 Å². The summed E-state index contributed by atoms with van der Waals surface area (Å²) in [6.45, 7) is 7.15. The van der Waals surface area contributed by atoms with Crippen molar-refractivity contribution in [2.75, 3.05) is 31.1 Å². The van der Waals surface area contributed by atoms with Gasteiger partial charge in [-0.3, -0.25) is 14.4 Å². The summed E-state index contributed by atoms with van der Waals surface area (Å²) < 4.78 is 16.3. The van der Waals surface area contributed by atoms with Crippen LogP contribution in [0.3, 0.4) is 0 Å². The molecule has 0 aliphatic rings. The maximum Gasteiger partial charge on any atom is 0.280 e. The summed E-state index contributed by atoms with van der Waals surface area (Å²) in [5, 5.41) is 4.70. The number of aromatic nitrogens is 3. The maximum atomic E-state index is 14.0. The molecule has 2 aromatic heterocycles. The fraction of sp³-hybridized carbons (Fsp3) is 0.389. The zero-order chi connectivity index (χ0) is 18.7. The van der Waals surface area contributed by atoms with E-state index in [0.717, 1.165) is 17.8 Å². The molecule has 1 amide bonds. The average molecular weight is 412 g/mol. The van der Waals surface area contributed by atoms with Crippen molar-refractivity contribution < 1.29 is 9.18 Å². The number of benzene rings is 1. The summed E-state index contributed by atoms with van der Waals surface area (Å²) >= 11 is 1.32. The molecule has 0 radical (unpaired) electrons. The normalized spacial score (nSPS) is 11.0. The minimum Gasteiger partial charge on any atom is -0.302 e. The van der Waals surface area contributed by atoms with Gasteiger partial charge in [0.2, 0.25) is 0 Å². The maximum absolute atomic E-state index is 14.0. The van der Waals surface area contributed by atoms with Gasteiger partial charge in [-0.2, -0.15) is 5.10 Å². The number of hydrogen-bond acceptors (Lipinski definition) is 5. The largest absolute Gasteiger partial charge is 0.302 e. The number of nitrogens with zero attached hydrogens (tertiary/aromatic N) is 5. The number of likely N-dealkylation sites (N-methyl/N-ethyl adjacent to an activating group) is 1. The third kappa shape index (κ3) is 4.63. The highest BCUT2D eigenvalue weighted by molar-refractivity contribution is 7.22. The Bertz CT molecular complexity index is 908. The number of halogens is 2. The molecule has 1 aromatic carbocycles. The number of carbonyl (C=O) groups excluding carboxylic acids is 1. The van der Waals surface area contributed by atoms with Gasteiger partial charge in [-0.05, 0) is 31.3 Å². The van der Waals surface area contributed by atoms with Gasteiger partial charge in [0.05, 0.1) is 4.70 Å². The van der Waals surface area contributed by atoms with Gasteiger partial charge in [0.15, 0.2) is 10.8 Å². The van der Waals surface area contributed by atoms with Crippen molar-refractivity contribution in [2.45, 2.75) is 13.8 Å². The predicted octanol–water partition coefficient (Wildman–Crippen LogP) is 3.58. The van der Waals surface area contributed by atoms with Crippen molar-refractivity contribution >= 4 is 45.0 Å². The number of rotatable bonds is 7. The second-order valence-corrected chi connectivity index (χ2v) is 6.95. The van der Waals surface area contributed by atoms with E-state index in [1.165, 1.54) is 17.4 Å². The summed E-state index contributed by atoms with van der Waals surface area (Å²) in [4.78, 5) is 21.2. The molecule has 6 nitrogen and oxygen atoms in total. The lowest BCUT2D eigenvalue weighted by Crippen LogP contribution is -2.39. The molecule has 0 atom stereocenters. The summed E-state index contributed by atoms with van der Waals surface area (Å²) in [5.74, 6) is -0.601. The Morgan fingerprint density at radius 2 is 1.96 bits per heavy atom. The average Bonchev–Trinajstić information content (AvgIpc) is 3.25. The number of aryl methyl sites for hydroxylation is 1. The number of anilines is 1. The van der Waals surface area contributed by atoms with Gasteiger partial charge < -0.3 is 4.90 Å². The van der Waals surface area contributed by atoms with Crippen molar-refractivity contribution in [3.05, 3.63) is 42.0 Å². The van der Waals surface area contributed by atoms with E-state index in [1.54, 1.807) is 35.0 Å². The second kappa shape index (κ2) is 9.25. The number of hydrogen-bond donors (Lipinski definition) is 0. The molecule has 3 aromatic rings. The highest BCUT2D eigenvalue weighted by atomic mass is 35.5. The van der Waals surface area contributed by atoms with Gasteiger partial charge in [-0.15, -0.1) is 12.4 Å². The smallest absolute Gasteiger partial charge is 0.280 e. The molecular weight excluding hydrogens is 389 g/mol. The first-order chi connectivity index (χ1) is 12.5. The van der Waals surface area contributed by atoms with Crippen LogP contribution in [0.1, 0.15) is 24.3 Å². The standard InChI is InChI=1S/C18H22FN5OS.ClH/c1-4-23(5-2)11-12-24(17(25)14-9-10-22(3)21-14)18-20-16-13(19)7-6-8-15(16)26-18;/h6-10H,4-5,11-12H2,1-3H3;1H. The quantitative estimate of drug-likeness (QED) is 0.596. The molecule has 146 valence electrons. The van der Waals surface area contributed by atoms with E-state index in [4.69, 9.17) is 0 Å². The summed E-state index contributed by atoms with van der Waals surface area (Å²) in [5.41, 5.74) is 0.654. The zero-order valence-electron chi connectivity index (χ0n) is 15.6. The first-order valence-corrected chi connectivity index (χ1v) is 9.44. The first kappa shape index (κ1) is 21.3. The van der Waals surface area contributed by atoms with Crippen molar-refractivity contribution in [3.8, 4) is 0 Å². The molecule has 0 unspecified atom stereocenters. The third-order valence-electron chi connectivity index (χ3n) is 4.30. The van der Waals surface area contributed by atoms with Crippen LogP contribution in [-0.4, -0.2) is 51.8 Å². The van der Waals surface area contributed by atoms with Crippen molar-refractivity contribution in [2.24, 2.45) is 7.05 Å². The Morgan fingerprint density at radius 3 is 2.56 bits per heavy atom. The first-order valence-electron chi connectivity index (χ1n) is 8.62. The Labute approximate surface area is 168 Å².